The number of hydrogen-bond acceptors (Lipinski definition) is 4. The molecule has 1 aromatic heterocycles. The Morgan fingerprint density at radius 3 is 2.81 bits per heavy atom. The van der Waals surface area contributed by atoms with Gasteiger partial charge in [0, 0.05) is 25.4 Å². The first-order valence-corrected chi connectivity index (χ1v) is 7.92. The van der Waals surface area contributed by atoms with Gasteiger partial charge in [0.05, 0.1) is 10.6 Å². The Morgan fingerprint density at radius 2 is 2.19 bits per heavy atom. The molecule has 0 aliphatic heterocycles. The zero-order chi connectivity index (χ0) is 15.5. The minimum Gasteiger partial charge on any atom is -0.396 e. The van der Waals surface area contributed by atoms with Crippen molar-refractivity contribution in [3.8, 4) is 0 Å². The zero-order valence-corrected chi connectivity index (χ0v) is 12.4. The van der Waals surface area contributed by atoms with Crippen LogP contribution < -0.4 is 10.5 Å². The number of rotatable bonds is 6. The summed E-state index contributed by atoms with van der Waals surface area (Å²) in [4.78, 5) is 6.96. The van der Waals surface area contributed by atoms with Gasteiger partial charge in [-0.05, 0) is 31.0 Å². The first kappa shape index (κ1) is 15.5. The lowest BCUT2D eigenvalue weighted by Gasteiger charge is -2.09. The number of halogens is 1. The smallest absolute Gasteiger partial charge is 0.240 e. The third kappa shape index (κ3) is 3.79. The summed E-state index contributed by atoms with van der Waals surface area (Å²) in [5.74, 6) is 0.211. The summed E-state index contributed by atoms with van der Waals surface area (Å²) in [5.41, 5.74) is 5.48. The number of nitrogens with one attached hydrogen (secondary N) is 2. The van der Waals surface area contributed by atoms with E-state index in [0.717, 1.165) is 11.9 Å². The van der Waals surface area contributed by atoms with Gasteiger partial charge in [-0.1, -0.05) is 0 Å². The normalized spacial score (nSPS) is 11.7. The molecule has 21 heavy (non-hydrogen) atoms. The highest BCUT2D eigenvalue weighted by Gasteiger charge is 2.16. The Balaban J connectivity index is 1.98. The summed E-state index contributed by atoms with van der Waals surface area (Å²) in [5, 5.41) is 0. The summed E-state index contributed by atoms with van der Waals surface area (Å²) in [6, 6.07) is 2.39. The Bertz CT molecular complexity index is 691. The highest BCUT2D eigenvalue weighted by molar-refractivity contribution is 7.89. The molecule has 0 aliphatic rings. The van der Waals surface area contributed by atoms with Gasteiger partial charge in [-0.25, -0.2) is 22.5 Å². The second kappa shape index (κ2) is 6.23. The van der Waals surface area contributed by atoms with Crippen LogP contribution in [0.2, 0.25) is 0 Å². The lowest BCUT2D eigenvalue weighted by molar-refractivity contribution is 0.577. The van der Waals surface area contributed by atoms with Crippen LogP contribution in [0.15, 0.2) is 29.4 Å². The first-order chi connectivity index (χ1) is 9.90. The van der Waals surface area contributed by atoms with Crippen LogP contribution in [-0.4, -0.2) is 24.9 Å². The van der Waals surface area contributed by atoms with Crippen LogP contribution in [0.1, 0.15) is 17.8 Å². The van der Waals surface area contributed by atoms with Crippen molar-refractivity contribution in [3.63, 3.8) is 0 Å². The molecule has 0 saturated carbocycles. The lowest BCUT2D eigenvalue weighted by Crippen LogP contribution is -2.25. The molecule has 1 heterocycles. The van der Waals surface area contributed by atoms with Crippen LogP contribution in [0.5, 0.6) is 0 Å². The number of nitrogen functional groups attached to an aromatic ring is 1. The Morgan fingerprint density at radius 1 is 1.43 bits per heavy atom. The van der Waals surface area contributed by atoms with Crippen LogP contribution in [0.3, 0.4) is 0 Å². The Kier molecular flexibility index (Phi) is 4.59. The van der Waals surface area contributed by atoms with Gasteiger partial charge in [-0.2, -0.15) is 0 Å². The van der Waals surface area contributed by atoms with Crippen LogP contribution in [-0.2, 0) is 16.4 Å². The zero-order valence-electron chi connectivity index (χ0n) is 11.6. The molecule has 4 N–H and O–H groups in total. The van der Waals surface area contributed by atoms with Crippen LogP contribution in [0, 0.1) is 12.7 Å². The molecular weight excluding hydrogens is 295 g/mol. The highest BCUT2D eigenvalue weighted by atomic mass is 32.2. The SMILES string of the molecule is Cc1cc(S(=O)(=O)NCCCc2ncc[nH]2)cc(N)c1F. The second-order valence-electron chi connectivity index (χ2n) is 4.68. The second-order valence-corrected chi connectivity index (χ2v) is 6.45. The number of nitrogens with two attached hydrogens (primary N) is 1. The van der Waals surface area contributed by atoms with E-state index in [0.29, 0.717) is 12.8 Å². The maximum absolute atomic E-state index is 13.4. The van der Waals surface area contributed by atoms with Crippen LogP contribution >= 0.6 is 0 Å². The molecular formula is C13H17FN4O2S. The van der Waals surface area contributed by atoms with E-state index >= 15 is 0 Å². The van der Waals surface area contributed by atoms with Gasteiger partial charge in [0.25, 0.3) is 0 Å². The number of sulfonamides is 1. The van der Waals surface area contributed by atoms with Crippen molar-refractivity contribution in [2.75, 3.05) is 12.3 Å². The van der Waals surface area contributed by atoms with E-state index in [4.69, 9.17) is 5.73 Å². The van der Waals surface area contributed by atoms with Crippen molar-refractivity contribution in [2.45, 2.75) is 24.7 Å². The molecule has 0 aliphatic carbocycles. The fourth-order valence-corrected chi connectivity index (χ4v) is 3.09. The van der Waals surface area contributed by atoms with E-state index in [1.165, 1.54) is 13.0 Å². The minimum absolute atomic E-state index is 0.0306. The number of aromatic nitrogens is 2. The standard InChI is InChI=1S/C13H17FN4O2S/c1-9-7-10(8-11(15)13(9)14)21(19,20)18-4-2-3-12-16-5-6-17-12/h5-8,18H,2-4,15H2,1H3,(H,16,17). The van der Waals surface area contributed by atoms with Gasteiger partial charge in [0.1, 0.15) is 11.6 Å². The van der Waals surface area contributed by atoms with Crippen molar-refractivity contribution < 1.29 is 12.8 Å². The van der Waals surface area contributed by atoms with E-state index in [9.17, 15) is 12.8 Å². The van der Waals surface area contributed by atoms with Crippen molar-refractivity contribution in [1.82, 2.24) is 14.7 Å². The molecule has 2 rings (SSSR count). The third-order valence-corrected chi connectivity index (χ3v) is 4.44. The van der Waals surface area contributed by atoms with Crippen molar-refractivity contribution in [1.29, 1.82) is 0 Å². The summed E-state index contributed by atoms with van der Waals surface area (Å²) in [7, 11) is -3.69. The number of anilines is 1. The Hall–Kier alpha value is -1.93. The predicted molar refractivity (Wildman–Crippen MR) is 77.6 cm³/mol. The molecule has 0 saturated heterocycles. The van der Waals surface area contributed by atoms with E-state index in [1.807, 2.05) is 0 Å². The average Bonchev–Trinajstić information content (AvgIpc) is 2.93. The van der Waals surface area contributed by atoms with Crippen LogP contribution in [0.4, 0.5) is 10.1 Å². The first-order valence-electron chi connectivity index (χ1n) is 6.43. The number of aromatic amines is 1. The average molecular weight is 312 g/mol. The van der Waals surface area contributed by atoms with E-state index in [2.05, 4.69) is 14.7 Å². The van der Waals surface area contributed by atoms with Gasteiger partial charge < -0.3 is 10.7 Å². The van der Waals surface area contributed by atoms with E-state index < -0.39 is 15.8 Å². The highest BCUT2D eigenvalue weighted by Crippen LogP contribution is 2.20. The number of H-pyrrole nitrogens is 1. The van der Waals surface area contributed by atoms with E-state index in [1.54, 1.807) is 12.4 Å². The molecule has 6 nitrogen and oxygen atoms in total. The topological polar surface area (TPSA) is 101 Å². The molecule has 0 unspecified atom stereocenters. The molecule has 8 heteroatoms. The van der Waals surface area contributed by atoms with Crippen molar-refractivity contribution >= 4 is 15.7 Å². The molecule has 0 bridgehead atoms. The van der Waals surface area contributed by atoms with Crippen LogP contribution in [0.25, 0.3) is 0 Å². The van der Waals surface area contributed by atoms with Gasteiger partial charge >= 0.3 is 0 Å². The van der Waals surface area contributed by atoms with E-state index in [-0.39, 0.29) is 22.7 Å². The molecule has 1 aromatic carbocycles. The Labute approximate surface area is 122 Å². The molecule has 0 radical (unpaired) electrons. The quantitative estimate of drug-likeness (QED) is 0.553. The maximum atomic E-state index is 13.4. The number of nitrogens with zero attached hydrogens (tertiary/aromatic N) is 1. The van der Waals surface area contributed by atoms with Gasteiger partial charge in [-0.15, -0.1) is 0 Å². The maximum Gasteiger partial charge on any atom is 0.240 e. The predicted octanol–water partition coefficient (Wildman–Crippen LogP) is 1.35. The van der Waals surface area contributed by atoms with Crippen molar-refractivity contribution in [2.24, 2.45) is 0 Å². The summed E-state index contributed by atoms with van der Waals surface area (Å²) < 4.78 is 40.1. The molecule has 0 fully saturated rings. The molecule has 0 atom stereocenters. The summed E-state index contributed by atoms with van der Waals surface area (Å²) >= 11 is 0. The summed E-state index contributed by atoms with van der Waals surface area (Å²) in [6.45, 7) is 1.74. The van der Waals surface area contributed by atoms with Gasteiger partial charge in [-0.3, -0.25) is 0 Å². The fourth-order valence-electron chi connectivity index (χ4n) is 1.90. The fraction of sp³-hybridized carbons (Fsp3) is 0.308. The van der Waals surface area contributed by atoms with Gasteiger partial charge in [0.15, 0.2) is 0 Å². The monoisotopic (exact) mass is 312 g/mol. The lowest BCUT2D eigenvalue weighted by atomic mass is 10.2. The largest absolute Gasteiger partial charge is 0.396 e. The summed E-state index contributed by atoms with van der Waals surface area (Å²) in [6.07, 6.45) is 4.59. The molecule has 0 spiro atoms. The number of aryl methyl sites for hydroxylation is 2. The van der Waals surface area contributed by atoms with Crippen molar-refractivity contribution in [3.05, 3.63) is 41.7 Å². The minimum atomic E-state index is -3.69. The number of benzene rings is 1. The third-order valence-electron chi connectivity index (χ3n) is 3.00. The molecule has 2 aromatic rings. The van der Waals surface area contributed by atoms with Gasteiger partial charge in [0.2, 0.25) is 10.0 Å². The molecule has 0 amide bonds. The number of hydrogen-bond donors (Lipinski definition) is 3. The number of imidazole rings is 1. The molecule has 114 valence electrons.